The van der Waals surface area contributed by atoms with Crippen LogP contribution in [0.2, 0.25) is 0 Å². The van der Waals surface area contributed by atoms with E-state index in [0.717, 1.165) is 16.5 Å². The summed E-state index contributed by atoms with van der Waals surface area (Å²) in [6.07, 6.45) is 3.21. The van der Waals surface area contributed by atoms with E-state index in [4.69, 9.17) is 5.73 Å². The Morgan fingerprint density at radius 3 is 2.94 bits per heavy atom. The standard InChI is InChI=1S/C12H15BrFNS/c13-9-4-8(5-10(14)7-9)6-11(15)12-2-1-3-16-12/h4-5,7,11-12H,1-3,6,15H2. The predicted octanol–water partition coefficient (Wildman–Crippen LogP) is 3.35. The predicted molar refractivity (Wildman–Crippen MR) is 71.3 cm³/mol. The van der Waals surface area contributed by atoms with Crippen LogP contribution in [0.15, 0.2) is 22.7 Å². The fraction of sp³-hybridized carbons (Fsp3) is 0.500. The van der Waals surface area contributed by atoms with E-state index >= 15 is 0 Å². The molecule has 1 aromatic rings. The quantitative estimate of drug-likeness (QED) is 0.927. The first-order valence-electron chi connectivity index (χ1n) is 5.47. The smallest absolute Gasteiger partial charge is 0.124 e. The van der Waals surface area contributed by atoms with E-state index in [-0.39, 0.29) is 11.9 Å². The number of nitrogens with two attached hydrogens (primary N) is 1. The van der Waals surface area contributed by atoms with Crippen LogP contribution < -0.4 is 5.73 Å². The minimum absolute atomic E-state index is 0.140. The van der Waals surface area contributed by atoms with Crippen molar-refractivity contribution < 1.29 is 4.39 Å². The van der Waals surface area contributed by atoms with Crippen molar-refractivity contribution in [3.8, 4) is 0 Å². The summed E-state index contributed by atoms with van der Waals surface area (Å²) in [7, 11) is 0. The molecule has 0 amide bonds. The van der Waals surface area contributed by atoms with Gasteiger partial charge in [0, 0.05) is 15.8 Å². The fourth-order valence-corrected chi connectivity index (χ4v) is 3.90. The maximum atomic E-state index is 13.2. The van der Waals surface area contributed by atoms with E-state index < -0.39 is 0 Å². The molecule has 2 N–H and O–H groups in total. The van der Waals surface area contributed by atoms with Crippen LogP contribution in [0.3, 0.4) is 0 Å². The molecule has 1 aromatic carbocycles. The third kappa shape index (κ3) is 3.22. The molecule has 2 rings (SSSR count). The largest absolute Gasteiger partial charge is 0.326 e. The van der Waals surface area contributed by atoms with Crippen LogP contribution in [-0.4, -0.2) is 17.0 Å². The molecule has 1 aliphatic rings. The maximum absolute atomic E-state index is 13.2. The average Bonchev–Trinajstić information content (AvgIpc) is 2.68. The van der Waals surface area contributed by atoms with Crippen LogP contribution >= 0.6 is 27.7 Å². The van der Waals surface area contributed by atoms with Crippen molar-refractivity contribution in [2.24, 2.45) is 5.73 Å². The molecule has 16 heavy (non-hydrogen) atoms. The van der Waals surface area contributed by atoms with Gasteiger partial charge in [-0.3, -0.25) is 0 Å². The highest BCUT2D eigenvalue weighted by molar-refractivity contribution is 9.10. The minimum atomic E-state index is -0.198. The van der Waals surface area contributed by atoms with E-state index in [9.17, 15) is 4.39 Å². The Morgan fingerprint density at radius 2 is 2.31 bits per heavy atom. The highest BCUT2D eigenvalue weighted by Crippen LogP contribution is 2.29. The van der Waals surface area contributed by atoms with Gasteiger partial charge in [-0.05, 0) is 48.8 Å². The lowest BCUT2D eigenvalue weighted by Crippen LogP contribution is -2.33. The molecule has 0 aromatic heterocycles. The molecule has 1 nitrogen and oxygen atoms in total. The third-order valence-corrected chi connectivity index (χ3v) is 4.83. The van der Waals surface area contributed by atoms with Crippen LogP contribution in [0.25, 0.3) is 0 Å². The highest BCUT2D eigenvalue weighted by Gasteiger charge is 2.22. The summed E-state index contributed by atoms with van der Waals surface area (Å²) in [5, 5.41) is 0.544. The normalized spacial score (nSPS) is 22.3. The van der Waals surface area contributed by atoms with Crippen molar-refractivity contribution >= 4 is 27.7 Å². The van der Waals surface area contributed by atoms with Crippen LogP contribution in [0.4, 0.5) is 4.39 Å². The van der Waals surface area contributed by atoms with Gasteiger partial charge in [0.1, 0.15) is 5.82 Å². The van der Waals surface area contributed by atoms with Crippen LogP contribution in [0, 0.1) is 5.82 Å². The SMILES string of the molecule is NC(Cc1cc(F)cc(Br)c1)C1CCCS1. The van der Waals surface area contributed by atoms with E-state index in [1.54, 1.807) is 6.07 Å². The molecule has 0 bridgehead atoms. The number of hydrogen-bond donors (Lipinski definition) is 1. The summed E-state index contributed by atoms with van der Waals surface area (Å²) in [6.45, 7) is 0. The van der Waals surface area contributed by atoms with Crippen molar-refractivity contribution in [2.75, 3.05) is 5.75 Å². The molecule has 0 spiro atoms. The first-order valence-corrected chi connectivity index (χ1v) is 7.31. The number of hydrogen-bond acceptors (Lipinski definition) is 2. The summed E-state index contributed by atoms with van der Waals surface area (Å²) in [4.78, 5) is 0. The molecular formula is C12H15BrFNS. The molecule has 1 fully saturated rings. The summed E-state index contributed by atoms with van der Waals surface area (Å²) >= 11 is 5.25. The van der Waals surface area contributed by atoms with Gasteiger partial charge in [-0.1, -0.05) is 15.9 Å². The Morgan fingerprint density at radius 1 is 1.50 bits per heavy atom. The van der Waals surface area contributed by atoms with Gasteiger partial charge >= 0.3 is 0 Å². The molecule has 88 valence electrons. The Balaban J connectivity index is 2.02. The molecule has 1 heterocycles. The second-order valence-corrected chi connectivity index (χ2v) is 6.46. The van der Waals surface area contributed by atoms with Gasteiger partial charge in [0.25, 0.3) is 0 Å². The molecule has 0 aliphatic carbocycles. The number of halogens is 2. The lowest BCUT2D eigenvalue weighted by Gasteiger charge is -2.18. The second kappa shape index (κ2) is 5.52. The monoisotopic (exact) mass is 303 g/mol. The van der Waals surface area contributed by atoms with Crippen molar-refractivity contribution in [1.82, 2.24) is 0 Å². The van der Waals surface area contributed by atoms with Gasteiger partial charge in [-0.25, -0.2) is 4.39 Å². The van der Waals surface area contributed by atoms with Crippen LogP contribution in [0.1, 0.15) is 18.4 Å². The van der Waals surface area contributed by atoms with Gasteiger partial charge in [0.2, 0.25) is 0 Å². The fourth-order valence-electron chi connectivity index (χ4n) is 2.07. The Bertz CT molecular complexity index is 346. The first-order chi connectivity index (χ1) is 7.65. The maximum Gasteiger partial charge on any atom is 0.124 e. The van der Waals surface area contributed by atoms with E-state index in [1.165, 1.54) is 24.7 Å². The van der Waals surface area contributed by atoms with Gasteiger partial charge in [-0.2, -0.15) is 11.8 Å². The molecule has 0 saturated carbocycles. The molecule has 4 heteroatoms. The van der Waals surface area contributed by atoms with Crippen molar-refractivity contribution in [2.45, 2.75) is 30.6 Å². The average molecular weight is 304 g/mol. The van der Waals surface area contributed by atoms with E-state index in [2.05, 4.69) is 15.9 Å². The third-order valence-electron chi connectivity index (χ3n) is 2.84. The molecule has 2 atom stereocenters. The molecule has 1 saturated heterocycles. The summed E-state index contributed by atoms with van der Waals surface area (Å²) in [6, 6.07) is 5.13. The zero-order chi connectivity index (χ0) is 11.5. The van der Waals surface area contributed by atoms with Gasteiger partial charge in [0.05, 0.1) is 0 Å². The summed E-state index contributed by atoms with van der Waals surface area (Å²) < 4.78 is 14.0. The Labute approximate surface area is 108 Å². The van der Waals surface area contributed by atoms with Crippen molar-refractivity contribution in [3.63, 3.8) is 0 Å². The number of thioether (sulfide) groups is 1. The first kappa shape index (κ1) is 12.4. The van der Waals surface area contributed by atoms with E-state index in [1.807, 2.05) is 17.8 Å². The van der Waals surface area contributed by atoms with Gasteiger partial charge in [-0.15, -0.1) is 0 Å². The van der Waals surface area contributed by atoms with Crippen LogP contribution in [0.5, 0.6) is 0 Å². The minimum Gasteiger partial charge on any atom is -0.326 e. The number of benzene rings is 1. The summed E-state index contributed by atoms with van der Waals surface area (Å²) in [5.74, 6) is 1.02. The zero-order valence-corrected chi connectivity index (χ0v) is 11.4. The number of rotatable bonds is 3. The lowest BCUT2D eigenvalue weighted by molar-refractivity contribution is 0.598. The van der Waals surface area contributed by atoms with E-state index in [0.29, 0.717) is 5.25 Å². The Kier molecular flexibility index (Phi) is 4.27. The van der Waals surface area contributed by atoms with Gasteiger partial charge in [0.15, 0.2) is 0 Å². The lowest BCUT2D eigenvalue weighted by atomic mass is 10.0. The highest BCUT2D eigenvalue weighted by atomic mass is 79.9. The molecule has 0 radical (unpaired) electrons. The summed E-state index contributed by atoms with van der Waals surface area (Å²) in [5.41, 5.74) is 7.13. The zero-order valence-electron chi connectivity index (χ0n) is 8.96. The van der Waals surface area contributed by atoms with Crippen LogP contribution in [-0.2, 0) is 6.42 Å². The topological polar surface area (TPSA) is 26.0 Å². The Hall–Kier alpha value is -0.0600. The van der Waals surface area contributed by atoms with Crippen molar-refractivity contribution in [1.29, 1.82) is 0 Å². The second-order valence-electron chi connectivity index (χ2n) is 4.20. The van der Waals surface area contributed by atoms with Gasteiger partial charge < -0.3 is 5.73 Å². The molecular weight excluding hydrogens is 289 g/mol. The molecule has 2 unspecified atom stereocenters. The molecule has 1 aliphatic heterocycles. The van der Waals surface area contributed by atoms with Crippen molar-refractivity contribution in [3.05, 3.63) is 34.1 Å².